The van der Waals surface area contributed by atoms with Gasteiger partial charge in [-0.2, -0.15) is 0 Å². The molecule has 5 heteroatoms. The minimum absolute atomic E-state index is 0.125. The van der Waals surface area contributed by atoms with Crippen molar-refractivity contribution < 1.29 is 24.5 Å². The summed E-state index contributed by atoms with van der Waals surface area (Å²) in [5, 5.41) is 22.0. The molecule has 0 radical (unpaired) electrons. The van der Waals surface area contributed by atoms with Gasteiger partial charge in [0.25, 0.3) is 0 Å². The molecule has 0 aromatic heterocycles. The highest BCUT2D eigenvalue weighted by molar-refractivity contribution is 6.06. The molecule has 0 bridgehead atoms. The summed E-state index contributed by atoms with van der Waals surface area (Å²) in [5.74, 6) is -0.485. The lowest BCUT2D eigenvalue weighted by Gasteiger charge is -2.71. The average molecular weight is 481 g/mol. The Hall–Kier alpha value is -2.14. The van der Waals surface area contributed by atoms with Crippen LogP contribution in [0, 0.1) is 33.0 Å². The Balaban J connectivity index is 1.66. The molecule has 3 fully saturated rings. The number of hydrogen-bond donors (Lipinski definition) is 2. The fourth-order valence-electron chi connectivity index (χ4n) is 8.92. The van der Waals surface area contributed by atoms with E-state index >= 15 is 0 Å². The van der Waals surface area contributed by atoms with Gasteiger partial charge in [-0.3, -0.25) is 9.59 Å². The predicted molar refractivity (Wildman–Crippen MR) is 134 cm³/mol. The molecular weight excluding hydrogens is 440 g/mol. The molecule has 0 aromatic carbocycles. The summed E-state index contributed by atoms with van der Waals surface area (Å²) in [6, 6.07) is 0. The van der Waals surface area contributed by atoms with Gasteiger partial charge in [-0.25, -0.2) is 0 Å². The lowest BCUT2D eigenvalue weighted by Crippen LogP contribution is -2.66. The molecule has 5 rings (SSSR count). The van der Waals surface area contributed by atoms with Gasteiger partial charge in [-0.1, -0.05) is 45.4 Å². The first-order chi connectivity index (χ1) is 16.2. The van der Waals surface area contributed by atoms with E-state index in [1.165, 1.54) is 12.7 Å². The number of hydrogen-bond acceptors (Lipinski definition) is 5. The fraction of sp³-hybridized carbons (Fsp3) is 0.667. The van der Waals surface area contributed by atoms with E-state index < -0.39 is 11.5 Å². The Morgan fingerprint density at radius 2 is 1.71 bits per heavy atom. The summed E-state index contributed by atoms with van der Waals surface area (Å²) in [7, 11) is 1.47. The summed E-state index contributed by atoms with van der Waals surface area (Å²) >= 11 is 0. The maximum atomic E-state index is 12.8. The average Bonchev–Trinajstić information content (AvgIpc) is 2.81. The van der Waals surface area contributed by atoms with E-state index in [-0.39, 0.29) is 45.1 Å². The molecule has 0 unspecified atom stereocenters. The van der Waals surface area contributed by atoms with Crippen LogP contribution in [0.3, 0.4) is 0 Å². The number of ketones is 1. The van der Waals surface area contributed by atoms with Gasteiger partial charge in [0.05, 0.1) is 18.6 Å². The van der Waals surface area contributed by atoms with Crippen LogP contribution in [0.4, 0.5) is 0 Å². The molecule has 190 valence electrons. The van der Waals surface area contributed by atoms with Gasteiger partial charge >= 0.3 is 5.97 Å². The molecule has 5 aliphatic rings. The molecule has 2 N–H and O–H groups in total. The van der Waals surface area contributed by atoms with Crippen molar-refractivity contribution in [3.63, 3.8) is 0 Å². The van der Waals surface area contributed by atoms with E-state index in [9.17, 15) is 19.8 Å². The van der Waals surface area contributed by atoms with Crippen LogP contribution >= 0.6 is 0 Å². The maximum absolute atomic E-state index is 12.8. The summed E-state index contributed by atoms with van der Waals surface area (Å²) in [6.07, 6.45) is 10.1. The van der Waals surface area contributed by atoms with Crippen molar-refractivity contribution in [1.29, 1.82) is 0 Å². The normalized spacial score (nSPS) is 46.9. The fourth-order valence-corrected chi connectivity index (χ4v) is 8.92. The van der Waals surface area contributed by atoms with Gasteiger partial charge in [-0.05, 0) is 91.8 Å². The van der Waals surface area contributed by atoms with E-state index in [1.807, 2.05) is 13.8 Å². The summed E-state index contributed by atoms with van der Waals surface area (Å²) in [4.78, 5) is 25.5. The first kappa shape index (κ1) is 24.5. The second-order valence-electron chi connectivity index (χ2n) is 13.2. The van der Waals surface area contributed by atoms with Crippen molar-refractivity contribution in [2.45, 2.75) is 86.2 Å². The van der Waals surface area contributed by atoms with Crippen LogP contribution in [0.15, 0.2) is 46.3 Å². The maximum Gasteiger partial charge on any atom is 0.311 e. The third-order valence-corrected chi connectivity index (χ3v) is 11.6. The van der Waals surface area contributed by atoms with E-state index in [4.69, 9.17) is 4.74 Å². The SMILES string of the molecule is COC(=O)[C@]1(C)CC[C@@]2(C)[C@@H](C1)[C@]1(C)CC[C@@]3(C)C4=CC(=O)C(O)=C(C)C4=CC=C3[C@@]1(C)C[C@@H]2O. The largest absolute Gasteiger partial charge is 0.504 e. The van der Waals surface area contributed by atoms with Crippen molar-refractivity contribution in [3.8, 4) is 0 Å². The lowest BCUT2D eigenvalue weighted by molar-refractivity contribution is -0.215. The van der Waals surface area contributed by atoms with Crippen molar-refractivity contribution >= 4 is 11.8 Å². The van der Waals surface area contributed by atoms with E-state index in [2.05, 4.69) is 39.8 Å². The van der Waals surface area contributed by atoms with Crippen LogP contribution < -0.4 is 0 Å². The Morgan fingerprint density at radius 3 is 2.37 bits per heavy atom. The van der Waals surface area contributed by atoms with Gasteiger partial charge < -0.3 is 14.9 Å². The molecule has 0 spiro atoms. The summed E-state index contributed by atoms with van der Waals surface area (Å²) in [6.45, 7) is 13.0. The number of carbonyl (C=O) groups excluding carboxylic acids is 2. The third kappa shape index (κ3) is 2.85. The minimum Gasteiger partial charge on any atom is -0.504 e. The summed E-state index contributed by atoms with van der Waals surface area (Å²) < 4.78 is 5.23. The zero-order valence-corrected chi connectivity index (χ0v) is 22.2. The topological polar surface area (TPSA) is 83.8 Å². The van der Waals surface area contributed by atoms with Crippen LogP contribution in [0.1, 0.15) is 80.1 Å². The molecule has 0 heterocycles. The number of fused-ring (bicyclic) bond motifs is 7. The highest BCUT2D eigenvalue weighted by atomic mass is 16.5. The number of methoxy groups -OCH3 is 1. The smallest absolute Gasteiger partial charge is 0.311 e. The number of allylic oxidation sites excluding steroid dienone is 7. The van der Waals surface area contributed by atoms with Gasteiger partial charge in [0.2, 0.25) is 5.78 Å². The Kier molecular flexibility index (Phi) is 5.06. The quantitative estimate of drug-likeness (QED) is 0.467. The highest BCUT2D eigenvalue weighted by Gasteiger charge is 2.69. The van der Waals surface area contributed by atoms with Crippen LogP contribution in [0.2, 0.25) is 0 Å². The zero-order valence-electron chi connectivity index (χ0n) is 22.2. The number of rotatable bonds is 1. The van der Waals surface area contributed by atoms with Crippen LogP contribution in [-0.2, 0) is 14.3 Å². The highest BCUT2D eigenvalue weighted by Crippen LogP contribution is 2.75. The Labute approximate surface area is 209 Å². The molecular formula is C30H40O5. The van der Waals surface area contributed by atoms with Crippen molar-refractivity contribution in [2.75, 3.05) is 7.11 Å². The number of esters is 1. The first-order valence-corrected chi connectivity index (χ1v) is 13.0. The molecule has 0 aromatic rings. The van der Waals surface area contributed by atoms with Gasteiger partial charge in [0.1, 0.15) is 0 Å². The number of ether oxygens (including phenoxy) is 1. The molecule has 5 nitrogen and oxygen atoms in total. The van der Waals surface area contributed by atoms with Crippen molar-refractivity contribution in [2.24, 2.45) is 33.0 Å². The third-order valence-electron chi connectivity index (χ3n) is 11.6. The van der Waals surface area contributed by atoms with E-state index in [0.717, 1.165) is 36.8 Å². The Morgan fingerprint density at radius 1 is 1.03 bits per heavy atom. The standard InChI is InChI=1S/C30H40O5/c1-17-18-8-9-21-27(3,19(18)14-20(31)24(17)33)12-13-29(5)22-15-26(2,25(34)35-7)10-11-28(22,4)23(32)16-30(21,29)6/h8-9,14,22-23,32-33H,10-13,15-16H2,1-7H3/t22-,23+,26-,27+,28+,29+,30-/m1/s1. The zero-order chi connectivity index (χ0) is 25.8. The molecule has 7 atom stereocenters. The van der Waals surface area contributed by atoms with Gasteiger partial charge in [0.15, 0.2) is 5.76 Å². The molecule has 0 saturated heterocycles. The van der Waals surface area contributed by atoms with Crippen molar-refractivity contribution in [3.05, 3.63) is 46.3 Å². The second kappa shape index (κ2) is 7.21. The predicted octanol–water partition coefficient (Wildman–Crippen LogP) is 5.76. The molecule has 5 aliphatic carbocycles. The molecule has 3 saturated carbocycles. The molecule has 0 aliphatic heterocycles. The monoisotopic (exact) mass is 480 g/mol. The summed E-state index contributed by atoms with van der Waals surface area (Å²) in [5.41, 5.74) is 2.26. The Bertz CT molecular complexity index is 1160. The second-order valence-corrected chi connectivity index (χ2v) is 13.2. The van der Waals surface area contributed by atoms with E-state index in [1.54, 1.807) is 6.08 Å². The van der Waals surface area contributed by atoms with E-state index in [0.29, 0.717) is 18.4 Å². The van der Waals surface area contributed by atoms with Crippen LogP contribution in [0.25, 0.3) is 0 Å². The first-order valence-electron chi connectivity index (χ1n) is 13.0. The van der Waals surface area contributed by atoms with Crippen LogP contribution in [0.5, 0.6) is 0 Å². The molecule has 35 heavy (non-hydrogen) atoms. The van der Waals surface area contributed by atoms with Gasteiger partial charge in [0, 0.05) is 11.0 Å². The molecule has 0 amide bonds. The van der Waals surface area contributed by atoms with Crippen LogP contribution in [-0.4, -0.2) is 35.2 Å². The minimum atomic E-state index is -0.549. The number of aliphatic hydroxyl groups excluding tert-OH is 2. The van der Waals surface area contributed by atoms with Gasteiger partial charge in [-0.15, -0.1) is 0 Å². The van der Waals surface area contributed by atoms with Crippen molar-refractivity contribution in [1.82, 2.24) is 0 Å². The number of aliphatic hydroxyl groups is 2. The lowest BCUT2D eigenvalue weighted by atomic mass is 9.34. The number of carbonyl (C=O) groups is 2.